The molecule has 2 aromatic rings. The van der Waals surface area contributed by atoms with E-state index < -0.39 is 5.91 Å². The van der Waals surface area contributed by atoms with Crippen molar-refractivity contribution in [2.75, 3.05) is 11.1 Å². The minimum Gasteiger partial charge on any atom is -0.399 e. The van der Waals surface area contributed by atoms with Crippen molar-refractivity contribution in [1.29, 1.82) is 0 Å². The van der Waals surface area contributed by atoms with E-state index in [1.54, 1.807) is 48.5 Å². The SMILES string of the molecule is Cl.NC(=O)c1ccc(NC(=O)c2cccc(N)c2)cc1. The van der Waals surface area contributed by atoms with Crippen molar-refractivity contribution in [2.45, 2.75) is 0 Å². The predicted molar refractivity (Wildman–Crippen MR) is 81.0 cm³/mol. The molecular formula is C14H14ClN3O2. The lowest BCUT2D eigenvalue weighted by Gasteiger charge is -2.06. The minimum absolute atomic E-state index is 0. The Morgan fingerprint density at radius 3 is 2.15 bits per heavy atom. The summed E-state index contributed by atoms with van der Waals surface area (Å²) in [6.07, 6.45) is 0. The molecule has 0 unspecified atom stereocenters. The number of anilines is 2. The molecule has 5 N–H and O–H groups in total. The highest BCUT2D eigenvalue weighted by molar-refractivity contribution is 6.05. The average Bonchev–Trinajstić information content (AvgIpc) is 2.39. The lowest BCUT2D eigenvalue weighted by Crippen LogP contribution is -2.13. The molecule has 2 aromatic carbocycles. The van der Waals surface area contributed by atoms with E-state index in [1.165, 1.54) is 0 Å². The highest BCUT2D eigenvalue weighted by Crippen LogP contribution is 2.12. The monoisotopic (exact) mass is 291 g/mol. The third-order valence-corrected chi connectivity index (χ3v) is 2.58. The second kappa shape index (κ2) is 6.58. The van der Waals surface area contributed by atoms with Gasteiger partial charge in [0.05, 0.1) is 0 Å². The molecule has 6 heteroatoms. The van der Waals surface area contributed by atoms with Gasteiger partial charge in [-0.15, -0.1) is 12.4 Å². The van der Waals surface area contributed by atoms with Crippen LogP contribution in [0, 0.1) is 0 Å². The van der Waals surface area contributed by atoms with Gasteiger partial charge in [-0.1, -0.05) is 6.07 Å². The van der Waals surface area contributed by atoms with Crippen molar-refractivity contribution in [2.24, 2.45) is 5.73 Å². The lowest BCUT2D eigenvalue weighted by atomic mass is 10.1. The summed E-state index contributed by atoms with van der Waals surface area (Å²) in [5, 5.41) is 2.70. The van der Waals surface area contributed by atoms with Crippen molar-refractivity contribution in [3.63, 3.8) is 0 Å². The van der Waals surface area contributed by atoms with Gasteiger partial charge in [0.2, 0.25) is 5.91 Å². The van der Waals surface area contributed by atoms with Crippen LogP contribution in [0.3, 0.4) is 0 Å². The fourth-order valence-corrected chi connectivity index (χ4v) is 1.60. The zero-order chi connectivity index (χ0) is 13.8. The summed E-state index contributed by atoms with van der Waals surface area (Å²) in [7, 11) is 0. The number of halogens is 1. The number of primary amides is 1. The zero-order valence-electron chi connectivity index (χ0n) is 10.5. The van der Waals surface area contributed by atoms with E-state index in [-0.39, 0.29) is 18.3 Å². The summed E-state index contributed by atoms with van der Waals surface area (Å²) in [6.45, 7) is 0. The van der Waals surface area contributed by atoms with E-state index in [1.807, 2.05) is 0 Å². The van der Waals surface area contributed by atoms with Gasteiger partial charge in [-0.05, 0) is 42.5 Å². The van der Waals surface area contributed by atoms with Gasteiger partial charge in [0, 0.05) is 22.5 Å². The number of amides is 2. The van der Waals surface area contributed by atoms with Crippen LogP contribution in [-0.4, -0.2) is 11.8 Å². The van der Waals surface area contributed by atoms with Gasteiger partial charge >= 0.3 is 0 Å². The molecule has 104 valence electrons. The Hall–Kier alpha value is -2.53. The smallest absolute Gasteiger partial charge is 0.255 e. The lowest BCUT2D eigenvalue weighted by molar-refractivity contribution is 0.0998. The van der Waals surface area contributed by atoms with E-state index in [4.69, 9.17) is 11.5 Å². The predicted octanol–water partition coefficient (Wildman–Crippen LogP) is 2.04. The fraction of sp³-hybridized carbons (Fsp3) is 0. The number of hydrogen-bond donors (Lipinski definition) is 3. The second-order valence-electron chi connectivity index (χ2n) is 4.02. The van der Waals surface area contributed by atoms with Gasteiger partial charge < -0.3 is 16.8 Å². The number of nitrogen functional groups attached to an aromatic ring is 1. The summed E-state index contributed by atoms with van der Waals surface area (Å²) < 4.78 is 0. The van der Waals surface area contributed by atoms with E-state index >= 15 is 0 Å². The molecule has 2 amide bonds. The zero-order valence-corrected chi connectivity index (χ0v) is 11.3. The topological polar surface area (TPSA) is 98.2 Å². The van der Waals surface area contributed by atoms with Gasteiger partial charge in [-0.3, -0.25) is 9.59 Å². The Bertz CT molecular complexity index is 627. The van der Waals surface area contributed by atoms with Crippen molar-refractivity contribution < 1.29 is 9.59 Å². The Morgan fingerprint density at radius 2 is 1.60 bits per heavy atom. The van der Waals surface area contributed by atoms with Crippen LogP contribution in [0.15, 0.2) is 48.5 Å². The van der Waals surface area contributed by atoms with Crippen molar-refractivity contribution in [3.05, 3.63) is 59.7 Å². The van der Waals surface area contributed by atoms with Gasteiger partial charge in [0.15, 0.2) is 0 Å². The molecule has 2 rings (SSSR count). The standard InChI is InChI=1S/C14H13N3O2.ClH/c15-11-3-1-2-10(8-11)14(19)17-12-6-4-9(5-7-12)13(16)18;/h1-8H,15H2,(H2,16,18)(H,17,19);1H. The van der Waals surface area contributed by atoms with E-state index in [0.29, 0.717) is 22.5 Å². The molecule has 0 atom stereocenters. The summed E-state index contributed by atoms with van der Waals surface area (Å²) in [5.74, 6) is -0.771. The maximum absolute atomic E-state index is 11.9. The maximum atomic E-state index is 11.9. The number of nitrogens with two attached hydrogens (primary N) is 2. The van der Waals surface area contributed by atoms with Crippen LogP contribution >= 0.6 is 12.4 Å². The molecule has 0 saturated carbocycles. The molecular weight excluding hydrogens is 278 g/mol. The van der Waals surface area contributed by atoms with Crippen molar-refractivity contribution in [1.82, 2.24) is 0 Å². The molecule has 0 heterocycles. The van der Waals surface area contributed by atoms with Crippen LogP contribution in [0.2, 0.25) is 0 Å². The molecule has 0 aliphatic heterocycles. The van der Waals surface area contributed by atoms with Crippen LogP contribution in [0.4, 0.5) is 11.4 Å². The molecule has 0 aliphatic carbocycles. The molecule has 0 saturated heterocycles. The molecule has 0 radical (unpaired) electrons. The largest absolute Gasteiger partial charge is 0.399 e. The minimum atomic E-state index is -0.506. The Morgan fingerprint density at radius 1 is 0.950 bits per heavy atom. The highest BCUT2D eigenvalue weighted by atomic mass is 35.5. The summed E-state index contributed by atoms with van der Waals surface area (Å²) in [6, 6.07) is 13.0. The molecule has 0 aromatic heterocycles. The Kier molecular flexibility index (Phi) is 5.11. The fourth-order valence-electron chi connectivity index (χ4n) is 1.60. The van der Waals surface area contributed by atoms with Crippen LogP contribution in [-0.2, 0) is 0 Å². The van der Waals surface area contributed by atoms with Gasteiger partial charge in [-0.25, -0.2) is 0 Å². The number of rotatable bonds is 3. The third-order valence-electron chi connectivity index (χ3n) is 2.58. The second-order valence-corrected chi connectivity index (χ2v) is 4.02. The van der Waals surface area contributed by atoms with Gasteiger partial charge in [-0.2, -0.15) is 0 Å². The van der Waals surface area contributed by atoms with E-state index in [9.17, 15) is 9.59 Å². The Labute approximate surface area is 122 Å². The van der Waals surface area contributed by atoms with Crippen LogP contribution in [0.1, 0.15) is 20.7 Å². The first-order valence-corrected chi connectivity index (χ1v) is 5.63. The van der Waals surface area contributed by atoms with Gasteiger partial charge in [0.25, 0.3) is 5.91 Å². The highest BCUT2D eigenvalue weighted by Gasteiger charge is 2.06. The number of benzene rings is 2. The normalized spacial score (nSPS) is 9.40. The number of carbonyl (C=O) groups excluding carboxylic acids is 2. The summed E-state index contributed by atoms with van der Waals surface area (Å²) >= 11 is 0. The van der Waals surface area contributed by atoms with Crippen molar-refractivity contribution >= 4 is 35.6 Å². The number of carbonyl (C=O) groups is 2. The first-order chi connectivity index (χ1) is 9.06. The summed E-state index contributed by atoms with van der Waals surface area (Å²) in [5.41, 5.74) is 12.7. The molecule has 0 bridgehead atoms. The Balaban J connectivity index is 0.00000200. The molecule has 0 aliphatic rings. The first kappa shape index (κ1) is 15.5. The molecule has 0 spiro atoms. The number of nitrogens with one attached hydrogen (secondary N) is 1. The average molecular weight is 292 g/mol. The quantitative estimate of drug-likeness (QED) is 0.755. The van der Waals surface area contributed by atoms with E-state index in [2.05, 4.69) is 5.32 Å². The summed E-state index contributed by atoms with van der Waals surface area (Å²) in [4.78, 5) is 22.8. The van der Waals surface area contributed by atoms with Gasteiger partial charge in [0.1, 0.15) is 0 Å². The van der Waals surface area contributed by atoms with E-state index in [0.717, 1.165) is 0 Å². The molecule has 0 fully saturated rings. The maximum Gasteiger partial charge on any atom is 0.255 e. The van der Waals surface area contributed by atoms with Crippen LogP contribution in [0.5, 0.6) is 0 Å². The molecule has 20 heavy (non-hydrogen) atoms. The van der Waals surface area contributed by atoms with Crippen LogP contribution < -0.4 is 16.8 Å². The first-order valence-electron chi connectivity index (χ1n) is 5.63. The number of hydrogen-bond acceptors (Lipinski definition) is 3. The molecule has 5 nitrogen and oxygen atoms in total. The van der Waals surface area contributed by atoms with Crippen LogP contribution in [0.25, 0.3) is 0 Å². The van der Waals surface area contributed by atoms with Crippen molar-refractivity contribution in [3.8, 4) is 0 Å². The third kappa shape index (κ3) is 3.73.